The van der Waals surface area contributed by atoms with Crippen LogP contribution in [-0.2, 0) is 9.53 Å². The molecule has 1 saturated heterocycles. The third-order valence-electron chi connectivity index (χ3n) is 5.01. The van der Waals surface area contributed by atoms with Gasteiger partial charge in [-0.25, -0.2) is 0 Å². The second-order valence-electron chi connectivity index (χ2n) is 7.70. The summed E-state index contributed by atoms with van der Waals surface area (Å²) >= 11 is 0. The second-order valence-corrected chi connectivity index (χ2v) is 7.70. The number of carbonyl (C=O) groups is 2. The highest BCUT2D eigenvalue weighted by Gasteiger charge is 2.25. The topological polar surface area (TPSA) is 70.7 Å². The summed E-state index contributed by atoms with van der Waals surface area (Å²) in [6.07, 6.45) is 0. The number of ether oxygens (including phenoxy) is 1. The van der Waals surface area contributed by atoms with Crippen molar-refractivity contribution in [2.75, 3.05) is 36.5 Å². The predicted molar refractivity (Wildman–Crippen MR) is 115 cm³/mol. The molecule has 0 spiro atoms. The van der Waals surface area contributed by atoms with Gasteiger partial charge >= 0.3 is 0 Å². The Morgan fingerprint density at radius 3 is 2.45 bits per heavy atom. The maximum absolute atomic E-state index is 12.9. The molecule has 1 unspecified atom stereocenters. The highest BCUT2D eigenvalue weighted by molar-refractivity contribution is 6.01. The van der Waals surface area contributed by atoms with E-state index in [4.69, 9.17) is 4.74 Å². The van der Waals surface area contributed by atoms with Crippen molar-refractivity contribution in [3.05, 3.63) is 59.7 Å². The van der Waals surface area contributed by atoms with Crippen molar-refractivity contribution in [3.63, 3.8) is 0 Å². The number of amides is 2. The molecular weight excluding hydrogens is 366 g/mol. The summed E-state index contributed by atoms with van der Waals surface area (Å²) in [6.45, 7) is 8.85. The minimum Gasteiger partial charge on any atom is -0.378 e. The highest BCUT2D eigenvalue weighted by atomic mass is 16.5. The van der Waals surface area contributed by atoms with E-state index in [-0.39, 0.29) is 17.7 Å². The molecule has 0 aromatic heterocycles. The van der Waals surface area contributed by atoms with Crippen molar-refractivity contribution < 1.29 is 14.3 Å². The molecule has 2 aromatic carbocycles. The first kappa shape index (κ1) is 20.9. The molecule has 0 saturated carbocycles. The van der Waals surface area contributed by atoms with E-state index in [1.807, 2.05) is 63.2 Å². The maximum atomic E-state index is 12.9. The zero-order valence-corrected chi connectivity index (χ0v) is 17.3. The van der Waals surface area contributed by atoms with Crippen LogP contribution >= 0.6 is 0 Å². The summed E-state index contributed by atoms with van der Waals surface area (Å²) in [5.41, 5.74) is 3.33. The molecule has 2 amide bonds. The van der Waals surface area contributed by atoms with E-state index in [0.29, 0.717) is 18.8 Å². The predicted octanol–water partition coefficient (Wildman–Crippen LogP) is 3.22. The fourth-order valence-electron chi connectivity index (χ4n) is 3.37. The number of aryl methyl sites for hydroxylation is 1. The maximum Gasteiger partial charge on any atom is 0.251 e. The Kier molecular flexibility index (Phi) is 6.88. The summed E-state index contributed by atoms with van der Waals surface area (Å²) in [6, 6.07) is 14.5. The third-order valence-corrected chi connectivity index (χ3v) is 5.01. The van der Waals surface area contributed by atoms with Gasteiger partial charge in [0.2, 0.25) is 5.91 Å². The third kappa shape index (κ3) is 5.57. The first-order chi connectivity index (χ1) is 13.9. The van der Waals surface area contributed by atoms with E-state index < -0.39 is 6.04 Å². The minimum absolute atomic E-state index is 0.0498. The van der Waals surface area contributed by atoms with Crippen molar-refractivity contribution >= 4 is 23.2 Å². The van der Waals surface area contributed by atoms with Gasteiger partial charge < -0.3 is 20.3 Å². The van der Waals surface area contributed by atoms with Crippen LogP contribution in [0.4, 0.5) is 11.4 Å². The lowest BCUT2D eigenvalue weighted by atomic mass is 10.0. The van der Waals surface area contributed by atoms with E-state index in [1.54, 1.807) is 6.07 Å². The van der Waals surface area contributed by atoms with Crippen molar-refractivity contribution in [2.24, 2.45) is 5.92 Å². The largest absolute Gasteiger partial charge is 0.378 e. The van der Waals surface area contributed by atoms with E-state index in [9.17, 15) is 9.59 Å². The molecule has 154 valence electrons. The Bertz CT molecular complexity index is 860. The standard InChI is InChI=1S/C23H29N3O3/c1-16(2)21(25-22(27)18-7-4-6-17(3)14-18)23(28)24-19-8-5-9-20(15-19)26-10-12-29-13-11-26/h4-9,14-16,21H,10-13H2,1-3H3,(H,24,28)(H,25,27). The first-order valence-corrected chi connectivity index (χ1v) is 10.0. The second kappa shape index (κ2) is 9.56. The number of hydrogen-bond donors (Lipinski definition) is 2. The lowest BCUT2D eigenvalue weighted by Crippen LogP contribution is -2.47. The van der Waals surface area contributed by atoms with Crippen LogP contribution < -0.4 is 15.5 Å². The Hall–Kier alpha value is -2.86. The molecular formula is C23H29N3O3. The Morgan fingerprint density at radius 1 is 1.03 bits per heavy atom. The van der Waals surface area contributed by atoms with Crippen molar-refractivity contribution in [2.45, 2.75) is 26.8 Å². The molecule has 6 heteroatoms. The molecule has 2 aromatic rings. The van der Waals surface area contributed by atoms with Crippen molar-refractivity contribution in [3.8, 4) is 0 Å². The van der Waals surface area contributed by atoms with E-state index in [0.717, 1.165) is 30.0 Å². The van der Waals surface area contributed by atoms with Gasteiger partial charge in [-0.2, -0.15) is 0 Å². The summed E-state index contributed by atoms with van der Waals surface area (Å²) in [5, 5.41) is 5.84. The number of morpholine rings is 1. The molecule has 1 atom stereocenters. The summed E-state index contributed by atoms with van der Waals surface area (Å²) in [4.78, 5) is 27.8. The van der Waals surface area contributed by atoms with Gasteiger partial charge in [-0.3, -0.25) is 9.59 Å². The molecule has 6 nitrogen and oxygen atoms in total. The molecule has 0 aliphatic carbocycles. The van der Waals surface area contributed by atoms with E-state index >= 15 is 0 Å². The monoisotopic (exact) mass is 395 g/mol. The van der Waals surface area contributed by atoms with Crippen LogP contribution in [0.1, 0.15) is 29.8 Å². The van der Waals surface area contributed by atoms with Crippen molar-refractivity contribution in [1.82, 2.24) is 5.32 Å². The molecule has 29 heavy (non-hydrogen) atoms. The number of nitrogens with zero attached hydrogens (tertiary/aromatic N) is 1. The molecule has 1 aliphatic rings. The molecule has 3 rings (SSSR count). The lowest BCUT2D eigenvalue weighted by molar-refractivity contribution is -0.118. The molecule has 0 bridgehead atoms. The smallest absolute Gasteiger partial charge is 0.251 e. The zero-order chi connectivity index (χ0) is 20.8. The Morgan fingerprint density at radius 2 is 1.76 bits per heavy atom. The molecule has 1 heterocycles. The van der Waals surface area contributed by atoms with Crippen LogP contribution in [-0.4, -0.2) is 44.2 Å². The SMILES string of the molecule is Cc1cccc(C(=O)NC(C(=O)Nc2cccc(N3CCOCC3)c2)C(C)C)c1. The molecule has 2 N–H and O–H groups in total. The average molecular weight is 396 g/mol. The minimum atomic E-state index is -0.630. The van der Waals surface area contributed by atoms with Crippen LogP contribution in [0.15, 0.2) is 48.5 Å². The van der Waals surface area contributed by atoms with Crippen LogP contribution in [0.3, 0.4) is 0 Å². The Labute approximate surface area is 172 Å². The van der Waals surface area contributed by atoms with Gasteiger partial charge in [-0.05, 0) is 43.2 Å². The van der Waals surface area contributed by atoms with Gasteiger partial charge in [0.15, 0.2) is 0 Å². The number of carbonyl (C=O) groups excluding carboxylic acids is 2. The van der Waals surface area contributed by atoms with Gasteiger partial charge in [0.25, 0.3) is 5.91 Å². The number of hydrogen-bond acceptors (Lipinski definition) is 4. The normalized spacial score (nSPS) is 15.1. The van der Waals surface area contributed by atoms with Crippen molar-refractivity contribution in [1.29, 1.82) is 0 Å². The fourth-order valence-corrected chi connectivity index (χ4v) is 3.37. The summed E-state index contributed by atoms with van der Waals surface area (Å²) in [7, 11) is 0. The van der Waals surface area contributed by atoms with Gasteiger partial charge in [-0.1, -0.05) is 37.6 Å². The van der Waals surface area contributed by atoms with Gasteiger partial charge in [0, 0.05) is 30.0 Å². The highest BCUT2D eigenvalue weighted by Crippen LogP contribution is 2.21. The van der Waals surface area contributed by atoms with E-state index in [1.165, 1.54) is 0 Å². The zero-order valence-electron chi connectivity index (χ0n) is 17.3. The summed E-state index contributed by atoms with van der Waals surface area (Å²) in [5.74, 6) is -0.518. The number of rotatable bonds is 6. The van der Waals surface area contributed by atoms with Crippen LogP contribution in [0.25, 0.3) is 0 Å². The van der Waals surface area contributed by atoms with E-state index in [2.05, 4.69) is 15.5 Å². The van der Waals surface area contributed by atoms with Gasteiger partial charge in [-0.15, -0.1) is 0 Å². The Balaban J connectivity index is 1.69. The summed E-state index contributed by atoms with van der Waals surface area (Å²) < 4.78 is 5.40. The van der Waals surface area contributed by atoms with Gasteiger partial charge in [0.1, 0.15) is 6.04 Å². The number of anilines is 2. The number of nitrogens with one attached hydrogen (secondary N) is 2. The molecule has 1 aliphatic heterocycles. The van der Waals surface area contributed by atoms with Crippen LogP contribution in [0.2, 0.25) is 0 Å². The molecule has 1 fully saturated rings. The fraction of sp³-hybridized carbons (Fsp3) is 0.391. The number of benzene rings is 2. The van der Waals surface area contributed by atoms with Crippen LogP contribution in [0.5, 0.6) is 0 Å². The van der Waals surface area contributed by atoms with Gasteiger partial charge in [0.05, 0.1) is 13.2 Å². The van der Waals surface area contributed by atoms with Crippen LogP contribution in [0, 0.1) is 12.8 Å². The first-order valence-electron chi connectivity index (χ1n) is 10.0. The lowest BCUT2D eigenvalue weighted by Gasteiger charge is -2.29. The molecule has 0 radical (unpaired) electrons. The quantitative estimate of drug-likeness (QED) is 0.788. The average Bonchev–Trinajstić information content (AvgIpc) is 2.72.